The first-order valence-electron chi connectivity index (χ1n) is 7.03. The largest absolute Gasteiger partial charge is 0.355 e. The van der Waals surface area contributed by atoms with Crippen LogP contribution in [-0.2, 0) is 13.0 Å². The molecule has 3 rings (SSSR count). The number of fused-ring (bicyclic) bond motifs is 1. The van der Waals surface area contributed by atoms with E-state index in [0.717, 1.165) is 50.3 Å². The van der Waals surface area contributed by atoms with Crippen LogP contribution in [0.1, 0.15) is 31.5 Å². The van der Waals surface area contributed by atoms with Crippen LogP contribution in [0.3, 0.4) is 0 Å². The van der Waals surface area contributed by atoms with Gasteiger partial charge in [0.2, 0.25) is 0 Å². The molecular formula is C14H22N4. The Bertz CT molecular complexity index is 422. The number of nitrogens with zero attached hydrogens (tertiary/aromatic N) is 3. The predicted molar refractivity (Wildman–Crippen MR) is 72.6 cm³/mol. The lowest BCUT2D eigenvalue weighted by Crippen LogP contribution is -2.39. The van der Waals surface area contributed by atoms with Gasteiger partial charge in [-0.15, -0.1) is 5.10 Å². The average Bonchev–Trinajstić information content (AvgIpc) is 2.37. The van der Waals surface area contributed by atoms with E-state index in [2.05, 4.69) is 40.3 Å². The van der Waals surface area contributed by atoms with E-state index in [0.29, 0.717) is 0 Å². The lowest BCUT2D eigenvalue weighted by atomic mass is 9.92. The van der Waals surface area contributed by atoms with Gasteiger partial charge in [0, 0.05) is 32.6 Å². The molecule has 0 aliphatic carbocycles. The second-order valence-corrected chi connectivity index (χ2v) is 5.95. The average molecular weight is 246 g/mol. The molecule has 0 unspecified atom stereocenters. The molecule has 0 saturated carbocycles. The maximum atomic E-state index is 4.43. The molecule has 1 fully saturated rings. The molecule has 18 heavy (non-hydrogen) atoms. The zero-order chi connectivity index (χ0) is 12.5. The summed E-state index contributed by atoms with van der Waals surface area (Å²) in [4.78, 5) is 2.40. The number of anilines is 1. The molecule has 1 aromatic rings. The summed E-state index contributed by atoms with van der Waals surface area (Å²) in [5.41, 5.74) is 2.51. The Kier molecular flexibility index (Phi) is 3.20. The van der Waals surface area contributed by atoms with Crippen molar-refractivity contribution < 1.29 is 0 Å². The number of hydrogen-bond acceptors (Lipinski definition) is 4. The van der Waals surface area contributed by atoms with Crippen molar-refractivity contribution in [3.8, 4) is 0 Å². The minimum atomic E-state index is 0.754. The zero-order valence-corrected chi connectivity index (χ0v) is 11.3. The van der Waals surface area contributed by atoms with Crippen LogP contribution >= 0.6 is 0 Å². The molecule has 4 heteroatoms. The van der Waals surface area contributed by atoms with Crippen LogP contribution in [0.2, 0.25) is 0 Å². The summed E-state index contributed by atoms with van der Waals surface area (Å²) < 4.78 is 0. The van der Waals surface area contributed by atoms with E-state index in [-0.39, 0.29) is 0 Å². The molecule has 0 radical (unpaired) electrons. The Morgan fingerprint density at radius 2 is 2.00 bits per heavy atom. The molecule has 0 bridgehead atoms. The van der Waals surface area contributed by atoms with E-state index >= 15 is 0 Å². The fourth-order valence-corrected chi connectivity index (χ4v) is 3.24. The van der Waals surface area contributed by atoms with E-state index in [9.17, 15) is 0 Å². The smallest absolute Gasteiger partial charge is 0.151 e. The summed E-state index contributed by atoms with van der Waals surface area (Å²) in [6, 6.07) is 2.24. The van der Waals surface area contributed by atoms with Crippen LogP contribution in [0.4, 0.5) is 5.82 Å². The highest BCUT2D eigenvalue weighted by atomic mass is 15.3. The van der Waals surface area contributed by atoms with E-state index in [1.54, 1.807) is 0 Å². The van der Waals surface area contributed by atoms with Crippen molar-refractivity contribution >= 4 is 5.82 Å². The van der Waals surface area contributed by atoms with Crippen LogP contribution in [0.25, 0.3) is 0 Å². The molecule has 4 nitrogen and oxygen atoms in total. The third kappa shape index (κ3) is 2.34. The molecular weight excluding hydrogens is 224 g/mol. The van der Waals surface area contributed by atoms with Crippen molar-refractivity contribution in [2.75, 3.05) is 24.5 Å². The molecule has 0 spiro atoms. The molecule has 1 N–H and O–H groups in total. The zero-order valence-electron chi connectivity index (χ0n) is 11.3. The summed E-state index contributed by atoms with van der Waals surface area (Å²) in [5.74, 6) is 2.57. The maximum Gasteiger partial charge on any atom is 0.151 e. The highest BCUT2D eigenvalue weighted by molar-refractivity contribution is 5.42. The van der Waals surface area contributed by atoms with Crippen LogP contribution in [0.5, 0.6) is 0 Å². The van der Waals surface area contributed by atoms with Crippen molar-refractivity contribution in [3.05, 3.63) is 17.3 Å². The second kappa shape index (κ2) is 4.84. The molecule has 1 aromatic heterocycles. The molecule has 98 valence electrons. The molecule has 0 aromatic carbocycles. The molecule has 2 atom stereocenters. The maximum absolute atomic E-state index is 4.43. The second-order valence-electron chi connectivity index (χ2n) is 5.95. The number of piperidine rings is 1. The normalized spacial score (nSPS) is 28.0. The molecule has 2 aliphatic rings. The number of nitrogens with one attached hydrogen (secondary N) is 1. The Balaban J connectivity index is 1.83. The molecule has 1 saturated heterocycles. The van der Waals surface area contributed by atoms with Crippen LogP contribution < -0.4 is 10.2 Å². The first kappa shape index (κ1) is 11.9. The van der Waals surface area contributed by atoms with Gasteiger partial charge in [-0.25, -0.2) is 0 Å². The van der Waals surface area contributed by atoms with Gasteiger partial charge in [0.1, 0.15) is 0 Å². The van der Waals surface area contributed by atoms with Crippen molar-refractivity contribution in [3.63, 3.8) is 0 Å². The minimum absolute atomic E-state index is 0.754. The Morgan fingerprint density at radius 3 is 2.78 bits per heavy atom. The van der Waals surface area contributed by atoms with Gasteiger partial charge in [-0.05, 0) is 29.9 Å². The van der Waals surface area contributed by atoms with E-state index in [4.69, 9.17) is 0 Å². The van der Waals surface area contributed by atoms with Crippen LogP contribution in [0, 0.1) is 11.8 Å². The predicted octanol–water partition coefficient (Wildman–Crippen LogP) is 1.60. The third-order valence-corrected chi connectivity index (χ3v) is 3.99. The van der Waals surface area contributed by atoms with Crippen molar-refractivity contribution in [1.82, 2.24) is 15.5 Å². The van der Waals surface area contributed by atoms with Gasteiger partial charge in [0.05, 0.1) is 5.69 Å². The highest BCUT2D eigenvalue weighted by Crippen LogP contribution is 2.26. The lowest BCUT2D eigenvalue weighted by molar-refractivity contribution is 0.354. The Labute approximate surface area is 109 Å². The fourth-order valence-electron chi connectivity index (χ4n) is 3.24. The van der Waals surface area contributed by atoms with Gasteiger partial charge in [-0.3, -0.25) is 0 Å². The number of hydrogen-bond donors (Lipinski definition) is 1. The van der Waals surface area contributed by atoms with Crippen LogP contribution in [0.15, 0.2) is 6.07 Å². The first-order valence-corrected chi connectivity index (χ1v) is 7.03. The summed E-state index contributed by atoms with van der Waals surface area (Å²) in [6.07, 6.45) is 2.34. The van der Waals surface area contributed by atoms with E-state index < -0.39 is 0 Å². The monoisotopic (exact) mass is 246 g/mol. The van der Waals surface area contributed by atoms with Gasteiger partial charge >= 0.3 is 0 Å². The van der Waals surface area contributed by atoms with E-state index in [1.165, 1.54) is 17.7 Å². The Hall–Kier alpha value is -1.16. The number of aromatic nitrogens is 2. The summed E-state index contributed by atoms with van der Waals surface area (Å²) in [5, 5.41) is 12.2. The highest BCUT2D eigenvalue weighted by Gasteiger charge is 2.24. The van der Waals surface area contributed by atoms with Gasteiger partial charge in [-0.1, -0.05) is 13.8 Å². The quantitative estimate of drug-likeness (QED) is 0.817. The lowest BCUT2D eigenvalue weighted by Gasteiger charge is -2.35. The van der Waals surface area contributed by atoms with Crippen molar-refractivity contribution in [1.29, 1.82) is 0 Å². The van der Waals surface area contributed by atoms with E-state index in [1.807, 2.05) is 0 Å². The topological polar surface area (TPSA) is 41.1 Å². The fraction of sp³-hybridized carbons (Fsp3) is 0.714. The van der Waals surface area contributed by atoms with Crippen molar-refractivity contribution in [2.24, 2.45) is 11.8 Å². The molecule has 0 amide bonds. The Morgan fingerprint density at radius 1 is 1.22 bits per heavy atom. The number of rotatable bonds is 1. The third-order valence-electron chi connectivity index (χ3n) is 3.99. The first-order chi connectivity index (χ1) is 8.72. The summed E-state index contributed by atoms with van der Waals surface area (Å²) in [6.45, 7) is 8.86. The van der Waals surface area contributed by atoms with Gasteiger partial charge in [-0.2, -0.15) is 5.10 Å². The van der Waals surface area contributed by atoms with Gasteiger partial charge in [0.15, 0.2) is 5.82 Å². The minimum Gasteiger partial charge on any atom is -0.355 e. The SMILES string of the molecule is C[C@@H]1C[C@H](C)CN(c2cc3c(nn2)CCNC3)C1. The standard InChI is InChI=1S/C14H22N4/c1-10-5-11(2)9-18(8-10)14-6-12-7-15-4-3-13(12)16-17-14/h6,10-11,15H,3-5,7-9H2,1-2H3/t10-,11+. The van der Waals surface area contributed by atoms with Gasteiger partial charge in [0.25, 0.3) is 0 Å². The molecule has 2 aliphatic heterocycles. The molecule has 3 heterocycles. The van der Waals surface area contributed by atoms with Gasteiger partial charge < -0.3 is 10.2 Å². The summed E-state index contributed by atoms with van der Waals surface area (Å²) in [7, 11) is 0. The van der Waals surface area contributed by atoms with Crippen molar-refractivity contribution in [2.45, 2.75) is 33.2 Å². The van der Waals surface area contributed by atoms with Crippen LogP contribution in [-0.4, -0.2) is 29.8 Å². The summed E-state index contributed by atoms with van der Waals surface area (Å²) >= 11 is 0.